The van der Waals surface area contributed by atoms with E-state index in [0.29, 0.717) is 24.3 Å². The van der Waals surface area contributed by atoms with Crippen LogP contribution < -0.4 is 18.9 Å². The van der Waals surface area contributed by atoms with Crippen LogP contribution in [0.3, 0.4) is 0 Å². The van der Waals surface area contributed by atoms with Gasteiger partial charge in [0.25, 0.3) is 0 Å². The Hall–Kier alpha value is -5.44. The number of hydrogen-bond donors (Lipinski definition) is 0. The van der Waals surface area contributed by atoms with E-state index in [1.54, 1.807) is 61.0 Å². The lowest BCUT2D eigenvalue weighted by Gasteiger charge is -2.11. The smallest absolute Gasteiger partial charge is 0.343 e. The van der Waals surface area contributed by atoms with Crippen LogP contribution in [0.25, 0.3) is 0 Å². The van der Waals surface area contributed by atoms with Crippen LogP contribution >= 0.6 is 23.2 Å². The van der Waals surface area contributed by atoms with Crippen molar-refractivity contribution in [2.24, 2.45) is 9.98 Å². The van der Waals surface area contributed by atoms with Crippen molar-refractivity contribution in [1.29, 1.82) is 0 Å². The van der Waals surface area contributed by atoms with Gasteiger partial charge in [0.1, 0.15) is 11.5 Å². The Labute approximate surface area is 441 Å². The van der Waals surface area contributed by atoms with Gasteiger partial charge in [0.05, 0.1) is 45.8 Å². The van der Waals surface area contributed by atoms with Crippen molar-refractivity contribution in [2.45, 2.75) is 168 Å². The Balaban J connectivity index is 0.980. The largest absolute Gasteiger partial charge is 0.494 e. The minimum Gasteiger partial charge on any atom is -0.494 e. The molecule has 0 aliphatic rings. The van der Waals surface area contributed by atoms with Gasteiger partial charge in [0, 0.05) is 18.5 Å². The molecule has 0 heterocycles. The number of aliphatic imine (C=N–C) groups is 2. The first-order valence-electron chi connectivity index (χ1n) is 27.0. The Bertz CT molecular complexity index is 2190. The second-order valence-corrected chi connectivity index (χ2v) is 19.5. The first kappa shape index (κ1) is 57.5. The quantitative estimate of drug-likeness (QED) is 0.0172. The van der Waals surface area contributed by atoms with Gasteiger partial charge in [-0.2, -0.15) is 0 Å². The minimum atomic E-state index is -0.648. The molecule has 5 rings (SSSR count). The second-order valence-electron chi connectivity index (χ2n) is 18.7. The highest BCUT2D eigenvalue weighted by Gasteiger charge is 2.18. The number of carbonyl (C=O) groups is 2. The molecule has 0 N–H and O–H groups in total. The number of nitrogens with zero attached hydrogens (tertiary/aromatic N) is 2. The van der Waals surface area contributed by atoms with Gasteiger partial charge in [-0.25, -0.2) is 9.59 Å². The van der Waals surface area contributed by atoms with Gasteiger partial charge in [0.15, 0.2) is 11.5 Å². The Morgan fingerprint density at radius 2 is 0.708 bits per heavy atom. The van der Waals surface area contributed by atoms with Gasteiger partial charge in [-0.1, -0.05) is 203 Å². The molecule has 386 valence electrons. The first-order chi connectivity index (χ1) is 35.3. The molecule has 0 unspecified atom stereocenters. The average Bonchev–Trinajstić information content (AvgIpc) is 3.40. The number of carbonyl (C=O) groups excluding carboxylic acids is 2. The van der Waals surface area contributed by atoms with Gasteiger partial charge >= 0.3 is 11.9 Å². The minimum absolute atomic E-state index is 0.00763. The number of hydrogen-bond acceptors (Lipinski definition) is 8. The highest BCUT2D eigenvalue weighted by atomic mass is 35.5. The topological polar surface area (TPSA) is 95.8 Å². The van der Waals surface area contributed by atoms with Crippen LogP contribution in [0.1, 0.15) is 200 Å². The van der Waals surface area contributed by atoms with Crippen LogP contribution in [-0.2, 0) is 0 Å². The predicted molar refractivity (Wildman–Crippen MR) is 300 cm³/mol. The van der Waals surface area contributed by atoms with E-state index in [-0.39, 0.29) is 21.5 Å². The van der Waals surface area contributed by atoms with Gasteiger partial charge in [0.2, 0.25) is 0 Å². The van der Waals surface area contributed by atoms with E-state index < -0.39 is 11.9 Å². The highest BCUT2D eigenvalue weighted by molar-refractivity contribution is 6.36. The highest BCUT2D eigenvalue weighted by Crippen LogP contribution is 2.37. The first-order valence-corrected chi connectivity index (χ1v) is 27.7. The van der Waals surface area contributed by atoms with Crippen molar-refractivity contribution in [3.05, 3.63) is 141 Å². The molecule has 0 bridgehead atoms. The van der Waals surface area contributed by atoms with E-state index in [1.807, 2.05) is 48.5 Å². The third kappa shape index (κ3) is 23.0. The van der Waals surface area contributed by atoms with Crippen molar-refractivity contribution in [1.82, 2.24) is 0 Å². The third-order valence-electron chi connectivity index (χ3n) is 12.6. The van der Waals surface area contributed by atoms with E-state index in [0.717, 1.165) is 46.8 Å². The van der Waals surface area contributed by atoms with Crippen molar-refractivity contribution in [3.8, 4) is 23.0 Å². The summed E-state index contributed by atoms with van der Waals surface area (Å²) in [5.74, 6) is 0.359. The maximum atomic E-state index is 13.2. The van der Waals surface area contributed by atoms with Crippen LogP contribution in [0.15, 0.2) is 119 Å². The van der Waals surface area contributed by atoms with Gasteiger partial charge in [-0.3, -0.25) is 9.98 Å². The fraction of sp³-hybridized carbons (Fsp3) is 0.452. The summed E-state index contributed by atoms with van der Waals surface area (Å²) in [7, 11) is 0. The monoisotopic (exact) mass is 1020 g/mol. The van der Waals surface area contributed by atoms with Crippen molar-refractivity contribution in [2.75, 3.05) is 13.2 Å². The van der Waals surface area contributed by atoms with Gasteiger partial charge < -0.3 is 18.9 Å². The van der Waals surface area contributed by atoms with Crippen molar-refractivity contribution >= 4 is 58.9 Å². The summed E-state index contributed by atoms with van der Waals surface area (Å²) in [6.45, 7) is 5.97. The summed E-state index contributed by atoms with van der Waals surface area (Å²) in [4.78, 5) is 35.5. The van der Waals surface area contributed by atoms with E-state index in [2.05, 4.69) is 23.8 Å². The number of benzene rings is 5. The zero-order chi connectivity index (χ0) is 50.9. The van der Waals surface area contributed by atoms with Crippen LogP contribution in [0, 0.1) is 0 Å². The molecular formula is C62H78Cl2N2O6. The number of rotatable bonds is 36. The molecule has 0 atom stereocenters. The third-order valence-corrected chi connectivity index (χ3v) is 13.2. The standard InChI is InChI=1S/C62H78Cl2N2O6/c1-3-5-7-9-11-13-15-17-19-21-23-25-43-69-55-39-35-53(36-40-55)65-47-49-27-31-51(32-28-49)61(67)71-59-46-60(58(64)45-57(59)63)72-62(68)52-33-29-50(30-34-52)48-66-54-37-41-56(42-38-54)70-44-26-24-22-20-18-16-14-12-10-8-6-4-2/h27-42,45-48H,3-26,43-44H2,1-2H3. The normalized spacial score (nSPS) is 11.4. The summed E-state index contributed by atoms with van der Waals surface area (Å²) in [6, 6.07) is 31.8. The molecule has 72 heavy (non-hydrogen) atoms. The molecule has 0 aliphatic carbocycles. The van der Waals surface area contributed by atoms with E-state index in [1.165, 1.54) is 153 Å². The number of halogens is 2. The maximum absolute atomic E-state index is 13.2. The fourth-order valence-electron chi connectivity index (χ4n) is 8.22. The summed E-state index contributed by atoms with van der Waals surface area (Å²) in [5, 5.41) is 0.163. The van der Waals surface area contributed by atoms with Gasteiger partial charge in [-0.05, 0) is 103 Å². The predicted octanol–water partition coefficient (Wildman–Crippen LogP) is 19.1. The molecule has 0 saturated carbocycles. The Morgan fingerprint density at radius 1 is 0.403 bits per heavy atom. The number of esters is 2. The Kier molecular flexibility index (Phi) is 27.8. The van der Waals surface area contributed by atoms with E-state index >= 15 is 0 Å². The molecule has 0 fully saturated rings. The Morgan fingerprint density at radius 3 is 1.03 bits per heavy atom. The average molecular weight is 1020 g/mol. The SMILES string of the molecule is CCCCCCCCCCCCCCOc1ccc(N=Cc2ccc(C(=O)Oc3cc(OC(=O)c4ccc(C=Nc5ccc(OCCCCCCCCCCCCCC)cc5)cc4)c(Cl)cc3Cl)cc2)cc1. The second kappa shape index (κ2) is 34.8. The molecule has 5 aromatic rings. The van der Waals surface area contributed by atoms with Crippen molar-refractivity contribution in [3.63, 3.8) is 0 Å². The lowest BCUT2D eigenvalue weighted by molar-refractivity contribution is 0.0732. The molecule has 0 saturated heterocycles. The van der Waals surface area contributed by atoms with Gasteiger partial charge in [-0.15, -0.1) is 0 Å². The molecule has 0 aliphatic heterocycles. The van der Waals surface area contributed by atoms with Crippen LogP contribution in [0.2, 0.25) is 10.0 Å². The lowest BCUT2D eigenvalue weighted by Crippen LogP contribution is -2.11. The zero-order valence-corrected chi connectivity index (χ0v) is 44.5. The van der Waals surface area contributed by atoms with Crippen LogP contribution in [0.4, 0.5) is 11.4 Å². The van der Waals surface area contributed by atoms with Crippen LogP contribution in [-0.4, -0.2) is 37.6 Å². The summed E-state index contributed by atoms with van der Waals surface area (Å²) in [6.07, 6.45) is 35.1. The molecular weight excluding hydrogens is 940 g/mol. The maximum Gasteiger partial charge on any atom is 0.343 e. The fourth-order valence-corrected chi connectivity index (χ4v) is 8.68. The summed E-state index contributed by atoms with van der Waals surface area (Å²) in [5.41, 5.74) is 3.76. The van der Waals surface area contributed by atoms with Crippen LogP contribution in [0.5, 0.6) is 23.0 Å². The van der Waals surface area contributed by atoms with E-state index in [9.17, 15) is 9.59 Å². The lowest BCUT2D eigenvalue weighted by atomic mass is 10.1. The molecule has 0 aromatic heterocycles. The molecule has 5 aromatic carbocycles. The molecule has 8 nitrogen and oxygen atoms in total. The number of unbranched alkanes of at least 4 members (excludes halogenated alkanes) is 22. The van der Waals surface area contributed by atoms with E-state index in [4.69, 9.17) is 42.1 Å². The number of ether oxygens (including phenoxy) is 4. The van der Waals surface area contributed by atoms with Crippen molar-refractivity contribution < 1.29 is 28.5 Å². The molecule has 0 spiro atoms. The summed E-state index contributed by atoms with van der Waals surface area (Å²) >= 11 is 12.8. The molecule has 10 heteroatoms. The summed E-state index contributed by atoms with van der Waals surface area (Å²) < 4.78 is 23.2. The molecule has 0 radical (unpaired) electrons. The molecule has 0 amide bonds. The zero-order valence-electron chi connectivity index (χ0n) is 43.0.